The fourth-order valence-electron chi connectivity index (χ4n) is 2.92. The summed E-state index contributed by atoms with van der Waals surface area (Å²) in [6.07, 6.45) is 1.85. The lowest BCUT2D eigenvalue weighted by atomic mass is 10.1. The third-order valence-electron chi connectivity index (χ3n) is 4.21. The summed E-state index contributed by atoms with van der Waals surface area (Å²) in [5, 5.41) is 9.94. The summed E-state index contributed by atoms with van der Waals surface area (Å²) in [4.78, 5) is 22.2. The number of para-hydroxylation sites is 3. The maximum absolute atomic E-state index is 12.6. The summed E-state index contributed by atoms with van der Waals surface area (Å²) >= 11 is 0. The zero-order valence-electron chi connectivity index (χ0n) is 14.4. The highest BCUT2D eigenvalue weighted by Gasteiger charge is 2.15. The molecule has 0 fully saturated rings. The van der Waals surface area contributed by atoms with Crippen LogP contribution in [-0.2, 0) is 17.8 Å². The standard InChI is InChI=1S/C20H23N3O2/c1-2-13-23(14-15-7-3-6-10-18(15)24)20(25)12-11-19-21-16-8-4-5-9-17(16)22-19/h3-10,24H,2,11-14H2,1H3,(H,21,22). The van der Waals surface area contributed by atoms with Crippen LogP contribution >= 0.6 is 0 Å². The summed E-state index contributed by atoms with van der Waals surface area (Å²) in [6, 6.07) is 15.0. The Morgan fingerprint density at radius 2 is 1.92 bits per heavy atom. The van der Waals surface area contributed by atoms with E-state index in [1.54, 1.807) is 17.0 Å². The summed E-state index contributed by atoms with van der Waals surface area (Å²) in [5.74, 6) is 1.13. The Balaban J connectivity index is 1.65. The molecule has 0 bridgehead atoms. The number of nitrogens with zero attached hydrogens (tertiary/aromatic N) is 2. The van der Waals surface area contributed by atoms with Crippen molar-refractivity contribution in [3.8, 4) is 5.75 Å². The molecule has 130 valence electrons. The lowest BCUT2D eigenvalue weighted by molar-refractivity contribution is -0.131. The minimum absolute atomic E-state index is 0.0746. The van der Waals surface area contributed by atoms with E-state index in [1.807, 2.05) is 43.3 Å². The Morgan fingerprint density at radius 1 is 1.16 bits per heavy atom. The fraction of sp³-hybridized carbons (Fsp3) is 0.300. The smallest absolute Gasteiger partial charge is 0.223 e. The number of benzene rings is 2. The number of amides is 1. The van der Waals surface area contributed by atoms with Crippen molar-refractivity contribution in [2.75, 3.05) is 6.54 Å². The average molecular weight is 337 g/mol. The molecule has 2 aromatic carbocycles. The maximum Gasteiger partial charge on any atom is 0.223 e. The number of rotatable bonds is 7. The van der Waals surface area contributed by atoms with Gasteiger partial charge < -0.3 is 15.0 Å². The van der Waals surface area contributed by atoms with Crippen molar-refractivity contribution in [3.63, 3.8) is 0 Å². The highest BCUT2D eigenvalue weighted by molar-refractivity contribution is 5.77. The number of phenolic OH excluding ortho intramolecular Hbond substituents is 1. The van der Waals surface area contributed by atoms with Crippen molar-refractivity contribution in [3.05, 3.63) is 59.9 Å². The zero-order valence-corrected chi connectivity index (χ0v) is 14.4. The number of hydrogen-bond acceptors (Lipinski definition) is 3. The van der Waals surface area contributed by atoms with Crippen LogP contribution in [0, 0.1) is 0 Å². The Kier molecular flexibility index (Phi) is 5.33. The van der Waals surface area contributed by atoms with Gasteiger partial charge in [-0.15, -0.1) is 0 Å². The molecule has 0 aliphatic rings. The van der Waals surface area contributed by atoms with Gasteiger partial charge in [0.1, 0.15) is 11.6 Å². The average Bonchev–Trinajstić information content (AvgIpc) is 3.04. The van der Waals surface area contributed by atoms with Crippen molar-refractivity contribution in [1.82, 2.24) is 14.9 Å². The van der Waals surface area contributed by atoms with Crippen LogP contribution in [0.4, 0.5) is 0 Å². The quantitative estimate of drug-likeness (QED) is 0.691. The first kappa shape index (κ1) is 17.0. The Labute approximate surface area is 147 Å². The van der Waals surface area contributed by atoms with Crippen molar-refractivity contribution < 1.29 is 9.90 Å². The summed E-state index contributed by atoms with van der Waals surface area (Å²) in [7, 11) is 0. The number of nitrogens with one attached hydrogen (secondary N) is 1. The molecule has 0 spiro atoms. The van der Waals surface area contributed by atoms with E-state index < -0.39 is 0 Å². The molecule has 5 nitrogen and oxygen atoms in total. The molecule has 1 heterocycles. The summed E-state index contributed by atoms with van der Waals surface area (Å²) < 4.78 is 0. The van der Waals surface area contributed by atoms with E-state index in [1.165, 1.54) is 0 Å². The first-order chi connectivity index (χ1) is 12.2. The molecule has 0 aliphatic carbocycles. The third kappa shape index (κ3) is 4.18. The number of carbonyl (C=O) groups excluding carboxylic acids is 1. The van der Waals surface area contributed by atoms with E-state index in [0.29, 0.717) is 25.9 Å². The number of phenols is 1. The van der Waals surface area contributed by atoms with Crippen molar-refractivity contribution >= 4 is 16.9 Å². The monoisotopic (exact) mass is 337 g/mol. The van der Waals surface area contributed by atoms with Crippen LogP contribution in [0.5, 0.6) is 5.75 Å². The van der Waals surface area contributed by atoms with Gasteiger partial charge in [-0.25, -0.2) is 4.98 Å². The minimum atomic E-state index is 0.0746. The van der Waals surface area contributed by atoms with E-state index in [9.17, 15) is 9.90 Å². The highest BCUT2D eigenvalue weighted by atomic mass is 16.3. The van der Waals surface area contributed by atoms with Gasteiger partial charge in [0.25, 0.3) is 0 Å². The van der Waals surface area contributed by atoms with Crippen LogP contribution in [0.25, 0.3) is 11.0 Å². The molecular formula is C20H23N3O2. The van der Waals surface area contributed by atoms with Gasteiger partial charge in [0.05, 0.1) is 11.0 Å². The highest BCUT2D eigenvalue weighted by Crippen LogP contribution is 2.19. The molecule has 3 rings (SSSR count). The molecule has 1 amide bonds. The van der Waals surface area contributed by atoms with Crippen LogP contribution in [0.3, 0.4) is 0 Å². The number of aryl methyl sites for hydroxylation is 1. The molecule has 25 heavy (non-hydrogen) atoms. The number of H-pyrrole nitrogens is 1. The third-order valence-corrected chi connectivity index (χ3v) is 4.21. The Morgan fingerprint density at radius 3 is 2.68 bits per heavy atom. The predicted molar refractivity (Wildman–Crippen MR) is 98.2 cm³/mol. The molecule has 0 aliphatic heterocycles. The number of hydrogen-bond donors (Lipinski definition) is 2. The van der Waals surface area contributed by atoms with Crippen LogP contribution in [0.15, 0.2) is 48.5 Å². The van der Waals surface area contributed by atoms with Gasteiger partial charge in [0, 0.05) is 31.5 Å². The van der Waals surface area contributed by atoms with Crippen LogP contribution in [0.1, 0.15) is 31.2 Å². The fourth-order valence-corrected chi connectivity index (χ4v) is 2.92. The number of aromatic hydroxyl groups is 1. The molecule has 0 unspecified atom stereocenters. The van der Waals surface area contributed by atoms with Crippen LogP contribution in [-0.4, -0.2) is 32.4 Å². The molecule has 5 heteroatoms. The summed E-state index contributed by atoms with van der Waals surface area (Å²) in [6.45, 7) is 3.15. The number of fused-ring (bicyclic) bond motifs is 1. The molecule has 2 N–H and O–H groups in total. The molecule has 0 saturated heterocycles. The maximum atomic E-state index is 12.6. The van der Waals surface area contributed by atoms with Crippen molar-refractivity contribution in [2.45, 2.75) is 32.7 Å². The zero-order chi connectivity index (χ0) is 17.6. The number of imidazole rings is 1. The lowest BCUT2D eigenvalue weighted by Gasteiger charge is -2.22. The topological polar surface area (TPSA) is 69.2 Å². The van der Waals surface area contributed by atoms with Gasteiger partial charge in [-0.3, -0.25) is 4.79 Å². The van der Waals surface area contributed by atoms with Gasteiger partial charge in [0.15, 0.2) is 0 Å². The second-order valence-corrected chi connectivity index (χ2v) is 6.14. The van der Waals surface area contributed by atoms with E-state index in [0.717, 1.165) is 28.8 Å². The van der Waals surface area contributed by atoms with Crippen molar-refractivity contribution in [2.24, 2.45) is 0 Å². The predicted octanol–water partition coefficient (Wildman–Crippen LogP) is 3.64. The van der Waals surface area contributed by atoms with E-state index in [4.69, 9.17) is 0 Å². The van der Waals surface area contributed by atoms with Gasteiger partial charge in [-0.1, -0.05) is 37.3 Å². The van der Waals surface area contributed by atoms with Gasteiger partial charge in [-0.05, 0) is 24.6 Å². The minimum Gasteiger partial charge on any atom is -0.508 e. The van der Waals surface area contributed by atoms with Crippen LogP contribution in [0.2, 0.25) is 0 Å². The first-order valence-corrected chi connectivity index (χ1v) is 8.65. The second-order valence-electron chi connectivity index (χ2n) is 6.14. The molecule has 0 atom stereocenters. The van der Waals surface area contributed by atoms with E-state index in [2.05, 4.69) is 9.97 Å². The second kappa shape index (κ2) is 7.83. The Hall–Kier alpha value is -2.82. The Bertz CT molecular complexity index is 824. The van der Waals surface area contributed by atoms with Gasteiger partial charge >= 0.3 is 0 Å². The number of aromatic amines is 1. The first-order valence-electron chi connectivity index (χ1n) is 8.65. The molecule has 1 aromatic heterocycles. The van der Waals surface area contributed by atoms with Crippen molar-refractivity contribution in [1.29, 1.82) is 0 Å². The summed E-state index contributed by atoms with van der Waals surface area (Å²) in [5.41, 5.74) is 2.68. The van der Waals surface area contributed by atoms with Crippen LogP contribution < -0.4 is 0 Å². The molecule has 0 radical (unpaired) electrons. The van der Waals surface area contributed by atoms with Gasteiger partial charge in [0.2, 0.25) is 5.91 Å². The largest absolute Gasteiger partial charge is 0.508 e. The molecule has 3 aromatic rings. The van der Waals surface area contributed by atoms with E-state index in [-0.39, 0.29) is 11.7 Å². The normalized spacial score (nSPS) is 10.9. The van der Waals surface area contributed by atoms with Gasteiger partial charge in [-0.2, -0.15) is 0 Å². The molecule has 0 saturated carbocycles. The molecular weight excluding hydrogens is 314 g/mol. The number of carbonyl (C=O) groups is 1. The number of aromatic nitrogens is 2. The lowest BCUT2D eigenvalue weighted by Crippen LogP contribution is -2.31. The van der Waals surface area contributed by atoms with E-state index >= 15 is 0 Å². The SMILES string of the molecule is CCCN(Cc1ccccc1O)C(=O)CCc1nc2ccccc2[nH]1.